The highest BCUT2D eigenvalue weighted by atomic mass is 16.5. The smallest absolute Gasteiger partial charge is 0.338 e. The number of esters is 1. The standard InChI is InChI=1S/C20H15N3O3/c24-19-16-8-1-2-9-17(16)21-18(22-19)13-26-20(25)14-6-5-7-15(12-14)23-10-3-4-11-23/h1-12H,13H2,(H,21,22,24). The summed E-state index contributed by atoms with van der Waals surface area (Å²) in [5.41, 5.74) is 1.61. The Morgan fingerprint density at radius 2 is 1.85 bits per heavy atom. The van der Waals surface area contributed by atoms with Gasteiger partial charge in [-0.1, -0.05) is 18.2 Å². The molecule has 0 bridgehead atoms. The van der Waals surface area contributed by atoms with Crippen LogP contribution in [0.1, 0.15) is 16.2 Å². The van der Waals surface area contributed by atoms with Crippen LogP contribution in [-0.4, -0.2) is 20.5 Å². The van der Waals surface area contributed by atoms with Crippen LogP contribution in [0.15, 0.2) is 77.9 Å². The third-order valence-corrected chi connectivity index (χ3v) is 3.99. The number of aromatic nitrogens is 3. The Kier molecular flexibility index (Phi) is 4.07. The van der Waals surface area contributed by atoms with Crippen LogP contribution in [0.25, 0.3) is 16.6 Å². The fourth-order valence-electron chi connectivity index (χ4n) is 2.72. The molecule has 1 N–H and O–H groups in total. The molecule has 26 heavy (non-hydrogen) atoms. The predicted octanol–water partition coefficient (Wildman–Crippen LogP) is 3.07. The average molecular weight is 345 g/mol. The van der Waals surface area contributed by atoms with Gasteiger partial charge in [-0.3, -0.25) is 4.79 Å². The van der Waals surface area contributed by atoms with Crippen LogP contribution in [0, 0.1) is 0 Å². The third-order valence-electron chi connectivity index (χ3n) is 3.99. The highest BCUT2D eigenvalue weighted by Gasteiger charge is 2.10. The van der Waals surface area contributed by atoms with Gasteiger partial charge in [-0.15, -0.1) is 0 Å². The van der Waals surface area contributed by atoms with Gasteiger partial charge in [0.25, 0.3) is 5.56 Å². The van der Waals surface area contributed by atoms with Gasteiger partial charge in [-0.25, -0.2) is 9.78 Å². The van der Waals surface area contributed by atoms with Crippen LogP contribution in [-0.2, 0) is 11.3 Å². The van der Waals surface area contributed by atoms with E-state index in [2.05, 4.69) is 9.97 Å². The topological polar surface area (TPSA) is 77.0 Å². The lowest BCUT2D eigenvalue weighted by atomic mass is 10.2. The molecule has 0 saturated carbocycles. The van der Waals surface area contributed by atoms with Crippen molar-refractivity contribution in [3.05, 3.63) is 94.8 Å². The van der Waals surface area contributed by atoms with E-state index in [0.29, 0.717) is 22.3 Å². The molecule has 0 aliphatic carbocycles. The second kappa shape index (κ2) is 6.68. The minimum Gasteiger partial charge on any atom is -0.454 e. The number of rotatable bonds is 4. The van der Waals surface area contributed by atoms with Crippen LogP contribution in [0.5, 0.6) is 0 Å². The number of nitrogens with zero attached hydrogens (tertiary/aromatic N) is 2. The number of carbonyl (C=O) groups excluding carboxylic acids is 1. The van der Waals surface area contributed by atoms with Crippen LogP contribution in [0.4, 0.5) is 0 Å². The summed E-state index contributed by atoms with van der Waals surface area (Å²) < 4.78 is 7.21. The van der Waals surface area contributed by atoms with Crippen molar-refractivity contribution in [3.63, 3.8) is 0 Å². The molecule has 6 heteroatoms. The van der Waals surface area contributed by atoms with Crippen LogP contribution in [0.2, 0.25) is 0 Å². The number of benzene rings is 2. The Hall–Kier alpha value is -3.67. The maximum absolute atomic E-state index is 12.3. The number of carbonyl (C=O) groups is 1. The molecule has 0 amide bonds. The van der Waals surface area contributed by atoms with Crippen molar-refractivity contribution >= 4 is 16.9 Å². The van der Waals surface area contributed by atoms with E-state index in [1.165, 1.54) is 0 Å². The van der Waals surface area contributed by atoms with Crippen LogP contribution >= 0.6 is 0 Å². The van der Waals surface area contributed by atoms with Crippen molar-refractivity contribution in [2.24, 2.45) is 0 Å². The van der Waals surface area contributed by atoms with Gasteiger partial charge < -0.3 is 14.3 Å². The number of hydrogen-bond acceptors (Lipinski definition) is 4. The maximum Gasteiger partial charge on any atom is 0.338 e. The van der Waals surface area contributed by atoms with E-state index in [0.717, 1.165) is 5.69 Å². The number of para-hydroxylation sites is 1. The number of hydrogen-bond donors (Lipinski definition) is 1. The quantitative estimate of drug-likeness (QED) is 0.577. The summed E-state index contributed by atoms with van der Waals surface area (Å²) >= 11 is 0. The van der Waals surface area contributed by atoms with Gasteiger partial charge in [0.1, 0.15) is 12.4 Å². The molecule has 0 radical (unpaired) electrons. The van der Waals surface area contributed by atoms with Gasteiger partial charge in [-0.2, -0.15) is 0 Å². The van der Waals surface area contributed by atoms with Crippen molar-refractivity contribution in [2.45, 2.75) is 6.61 Å². The first-order chi connectivity index (χ1) is 12.7. The molecule has 6 nitrogen and oxygen atoms in total. The largest absolute Gasteiger partial charge is 0.454 e. The van der Waals surface area contributed by atoms with E-state index in [9.17, 15) is 9.59 Å². The Bertz CT molecular complexity index is 1130. The second-order valence-electron chi connectivity index (χ2n) is 5.75. The Labute approximate surface area is 148 Å². The molecule has 0 saturated heterocycles. The fraction of sp³-hybridized carbons (Fsp3) is 0.0500. The highest BCUT2D eigenvalue weighted by molar-refractivity contribution is 5.90. The van der Waals surface area contributed by atoms with Crippen molar-refractivity contribution < 1.29 is 9.53 Å². The lowest BCUT2D eigenvalue weighted by Crippen LogP contribution is -2.14. The summed E-state index contributed by atoms with van der Waals surface area (Å²) in [7, 11) is 0. The average Bonchev–Trinajstić information content (AvgIpc) is 3.21. The molecule has 4 rings (SSSR count). The van der Waals surface area contributed by atoms with Gasteiger partial charge in [0.15, 0.2) is 0 Å². The molecule has 0 aliphatic rings. The zero-order valence-electron chi connectivity index (χ0n) is 13.8. The highest BCUT2D eigenvalue weighted by Crippen LogP contribution is 2.13. The van der Waals surface area contributed by atoms with Crippen molar-refractivity contribution in [3.8, 4) is 5.69 Å². The summed E-state index contributed by atoms with van der Waals surface area (Å²) in [5.74, 6) is -0.168. The normalized spacial score (nSPS) is 10.8. The van der Waals surface area contributed by atoms with Gasteiger partial charge in [-0.05, 0) is 42.5 Å². The molecular formula is C20H15N3O3. The summed E-state index contributed by atoms with van der Waals surface area (Å²) in [4.78, 5) is 31.4. The van der Waals surface area contributed by atoms with Crippen LogP contribution < -0.4 is 5.56 Å². The van der Waals surface area contributed by atoms with E-state index in [1.54, 1.807) is 42.5 Å². The second-order valence-corrected chi connectivity index (χ2v) is 5.75. The zero-order chi connectivity index (χ0) is 17.9. The van der Waals surface area contributed by atoms with E-state index in [1.807, 2.05) is 35.2 Å². The lowest BCUT2D eigenvalue weighted by Gasteiger charge is -2.07. The number of aromatic amines is 1. The molecule has 0 fully saturated rings. The predicted molar refractivity (Wildman–Crippen MR) is 97.3 cm³/mol. The van der Waals surface area contributed by atoms with Gasteiger partial charge >= 0.3 is 5.97 Å². The third kappa shape index (κ3) is 3.12. The molecule has 2 aromatic carbocycles. The molecule has 2 heterocycles. The van der Waals surface area contributed by atoms with Crippen molar-refractivity contribution in [1.29, 1.82) is 0 Å². The maximum atomic E-state index is 12.3. The number of fused-ring (bicyclic) bond motifs is 1. The Balaban J connectivity index is 1.53. The monoisotopic (exact) mass is 345 g/mol. The minimum absolute atomic E-state index is 0.105. The molecule has 4 aromatic rings. The fourth-order valence-corrected chi connectivity index (χ4v) is 2.72. The Morgan fingerprint density at radius 3 is 2.69 bits per heavy atom. The molecule has 0 aliphatic heterocycles. The summed E-state index contributed by atoms with van der Waals surface area (Å²) in [6, 6.07) is 18.0. The van der Waals surface area contributed by atoms with Crippen molar-refractivity contribution in [1.82, 2.24) is 14.5 Å². The molecule has 128 valence electrons. The minimum atomic E-state index is -0.477. The van der Waals surface area contributed by atoms with Crippen molar-refractivity contribution in [2.75, 3.05) is 0 Å². The zero-order valence-corrected chi connectivity index (χ0v) is 13.8. The lowest BCUT2D eigenvalue weighted by molar-refractivity contribution is 0.0462. The molecular weight excluding hydrogens is 330 g/mol. The first-order valence-corrected chi connectivity index (χ1v) is 8.09. The van der Waals surface area contributed by atoms with E-state index in [-0.39, 0.29) is 12.2 Å². The number of H-pyrrole nitrogens is 1. The van der Waals surface area contributed by atoms with Crippen LogP contribution in [0.3, 0.4) is 0 Å². The molecule has 0 atom stereocenters. The molecule has 0 unspecified atom stereocenters. The summed E-state index contributed by atoms with van der Waals surface area (Å²) in [6.07, 6.45) is 3.79. The van der Waals surface area contributed by atoms with E-state index in [4.69, 9.17) is 4.74 Å². The molecule has 2 aromatic heterocycles. The van der Waals surface area contributed by atoms with Gasteiger partial charge in [0, 0.05) is 18.1 Å². The summed E-state index contributed by atoms with van der Waals surface area (Å²) in [6.45, 7) is -0.105. The SMILES string of the molecule is O=C(OCc1nc2ccccc2c(=O)[nH]1)c1cccc(-n2cccc2)c1. The van der Waals surface area contributed by atoms with Gasteiger partial charge in [0.05, 0.1) is 16.5 Å². The van der Waals surface area contributed by atoms with E-state index < -0.39 is 5.97 Å². The van der Waals surface area contributed by atoms with Gasteiger partial charge in [0.2, 0.25) is 0 Å². The first-order valence-electron chi connectivity index (χ1n) is 8.09. The first kappa shape index (κ1) is 15.8. The van der Waals surface area contributed by atoms with E-state index >= 15 is 0 Å². The number of nitrogens with one attached hydrogen (secondary N) is 1. The Morgan fingerprint density at radius 1 is 1.04 bits per heavy atom. The number of ether oxygens (including phenoxy) is 1. The summed E-state index contributed by atoms with van der Waals surface area (Å²) in [5, 5.41) is 0.502. The molecule has 0 spiro atoms.